The lowest BCUT2D eigenvalue weighted by Crippen LogP contribution is -2.53. The first-order chi connectivity index (χ1) is 18.5. The molecule has 2 saturated heterocycles. The Bertz CT molecular complexity index is 1330. The van der Waals surface area contributed by atoms with E-state index in [0.717, 1.165) is 11.3 Å². The van der Waals surface area contributed by atoms with Crippen LogP contribution in [0, 0.1) is 11.3 Å². The Kier molecular flexibility index (Phi) is 7.92. The summed E-state index contributed by atoms with van der Waals surface area (Å²) < 4.78 is 0. The number of hydrogen-bond donors (Lipinski definition) is 1. The number of rotatable bonds is 6. The zero-order valence-corrected chi connectivity index (χ0v) is 21.8. The molecule has 0 aliphatic carbocycles. The van der Waals surface area contributed by atoms with Gasteiger partial charge in [-0.3, -0.25) is 14.5 Å². The highest BCUT2D eigenvalue weighted by atomic mass is 35.5. The van der Waals surface area contributed by atoms with Crippen molar-refractivity contribution in [1.82, 2.24) is 15.1 Å². The minimum atomic E-state index is -0.321. The number of nitrogens with one attached hydrogen (secondary N) is 1. The van der Waals surface area contributed by atoms with Crippen LogP contribution in [0.25, 0.3) is 0 Å². The quantitative estimate of drug-likeness (QED) is 0.525. The van der Waals surface area contributed by atoms with Crippen molar-refractivity contribution in [3.63, 3.8) is 0 Å². The molecule has 1 N–H and O–H groups in total. The maximum Gasteiger partial charge on any atom is 0.251 e. The van der Waals surface area contributed by atoms with Crippen LogP contribution in [-0.4, -0.2) is 66.4 Å². The van der Waals surface area contributed by atoms with E-state index in [1.54, 1.807) is 24.3 Å². The first-order valence-electron chi connectivity index (χ1n) is 12.9. The maximum absolute atomic E-state index is 13.8. The molecule has 0 saturated carbocycles. The number of anilines is 1. The number of likely N-dealkylation sites (tertiary alicyclic amines) is 1. The van der Waals surface area contributed by atoms with Crippen molar-refractivity contribution in [2.45, 2.75) is 25.0 Å². The van der Waals surface area contributed by atoms with Crippen molar-refractivity contribution in [2.75, 3.05) is 37.6 Å². The molecule has 0 bridgehead atoms. The van der Waals surface area contributed by atoms with Crippen LogP contribution in [0.15, 0.2) is 78.9 Å². The Balaban J connectivity index is 1.27. The summed E-state index contributed by atoms with van der Waals surface area (Å²) in [4.78, 5) is 33.0. The summed E-state index contributed by atoms with van der Waals surface area (Å²) in [5.41, 5.74) is 3.20. The van der Waals surface area contributed by atoms with Gasteiger partial charge in [0, 0.05) is 55.9 Å². The zero-order chi connectivity index (χ0) is 26.5. The molecule has 2 aliphatic rings. The molecular weight excluding hydrogens is 498 g/mol. The van der Waals surface area contributed by atoms with Gasteiger partial charge in [-0.1, -0.05) is 60.1 Å². The number of benzene rings is 3. The van der Waals surface area contributed by atoms with Crippen LogP contribution in [0.5, 0.6) is 0 Å². The van der Waals surface area contributed by atoms with Crippen LogP contribution < -0.4 is 10.2 Å². The average Bonchev–Trinajstić information content (AvgIpc) is 3.34. The van der Waals surface area contributed by atoms with E-state index in [9.17, 15) is 14.9 Å². The van der Waals surface area contributed by atoms with Crippen LogP contribution >= 0.6 is 11.6 Å². The summed E-state index contributed by atoms with van der Waals surface area (Å²) >= 11 is 6.08. The van der Waals surface area contributed by atoms with Gasteiger partial charge in [-0.15, -0.1) is 0 Å². The summed E-state index contributed by atoms with van der Waals surface area (Å²) in [6.07, 6.45) is 0.551. The Hall–Kier alpha value is -3.86. The molecule has 5 rings (SSSR count). The Labute approximate surface area is 228 Å². The van der Waals surface area contributed by atoms with Crippen molar-refractivity contribution in [1.29, 1.82) is 5.26 Å². The number of carbonyl (C=O) groups excluding carboxylic acids is 2. The molecule has 0 aromatic heterocycles. The van der Waals surface area contributed by atoms with Crippen molar-refractivity contribution in [3.8, 4) is 6.07 Å². The fourth-order valence-corrected chi connectivity index (χ4v) is 5.57. The molecule has 38 heavy (non-hydrogen) atoms. The number of amides is 2. The van der Waals surface area contributed by atoms with Gasteiger partial charge in [-0.25, -0.2) is 0 Å². The average molecular weight is 528 g/mol. The van der Waals surface area contributed by atoms with E-state index in [4.69, 9.17) is 11.6 Å². The summed E-state index contributed by atoms with van der Waals surface area (Å²) in [7, 11) is 0. The fraction of sp³-hybridized carbons (Fsp3) is 0.300. The number of nitrogens with zero attached hydrogens (tertiary/aromatic N) is 4. The van der Waals surface area contributed by atoms with E-state index in [2.05, 4.69) is 33.3 Å². The van der Waals surface area contributed by atoms with E-state index < -0.39 is 0 Å². The minimum absolute atomic E-state index is 0.0913. The second-order valence-corrected chi connectivity index (χ2v) is 10.2. The van der Waals surface area contributed by atoms with Crippen LogP contribution in [0.2, 0.25) is 5.02 Å². The SMILES string of the molecule is N#Cc1ccccc1N1CCN(C(=O)C2CC(NC(=O)c3cccc(Cl)c3)CN2Cc2ccccc2)CC1. The third kappa shape index (κ3) is 5.83. The molecule has 2 heterocycles. The maximum atomic E-state index is 13.8. The number of halogens is 1. The summed E-state index contributed by atoms with van der Waals surface area (Å²) in [5, 5.41) is 13.1. The molecule has 8 heteroatoms. The fourth-order valence-electron chi connectivity index (χ4n) is 5.38. The van der Waals surface area contributed by atoms with Gasteiger partial charge < -0.3 is 15.1 Å². The van der Waals surface area contributed by atoms with Crippen molar-refractivity contribution < 1.29 is 9.59 Å². The van der Waals surface area contributed by atoms with Gasteiger partial charge in [0.1, 0.15) is 6.07 Å². The van der Waals surface area contributed by atoms with E-state index in [1.807, 2.05) is 47.4 Å². The number of nitriles is 1. The topological polar surface area (TPSA) is 79.7 Å². The van der Waals surface area contributed by atoms with Gasteiger partial charge in [0.25, 0.3) is 5.91 Å². The first-order valence-corrected chi connectivity index (χ1v) is 13.3. The lowest BCUT2D eigenvalue weighted by atomic mass is 10.1. The molecule has 3 aromatic carbocycles. The number of para-hydroxylation sites is 1. The largest absolute Gasteiger partial charge is 0.367 e. The minimum Gasteiger partial charge on any atom is -0.367 e. The third-order valence-corrected chi connectivity index (χ3v) is 7.53. The molecule has 2 fully saturated rings. The van der Waals surface area contributed by atoms with Gasteiger partial charge in [-0.05, 0) is 42.3 Å². The summed E-state index contributed by atoms with van der Waals surface area (Å²) in [6.45, 7) is 3.75. The number of carbonyl (C=O) groups is 2. The molecule has 2 unspecified atom stereocenters. The molecule has 194 valence electrons. The Morgan fingerprint density at radius 2 is 1.68 bits per heavy atom. The molecule has 2 amide bonds. The van der Waals surface area contributed by atoms with Crippen LogP contribution in [0.3, 0.4) is 0 Å². The highest BCUT2D eigenvalue weighted by Gasteiger charge is 2.40. The second-order valence-electron chi connectivity index (χ2n) is 9.79. The number of piperazine rings is 1. The zero-order valence-electron chi connectivity index (χ0n) is 21.1. The molecule has 2 atom stereocenters. The van der Waals surface area contributed by atoms with Crippen molar-refractivity contribution in [3.05, 3.63) is 101 Å². The first kappa shape index (κ1) is 25.8. The molecule has 0 radical (unpaired) electrons. The van der Waals surface area contributed by atoms with E-state index >= 15 is 0 Å². The molecule has 0 spiro atoms. The normalized spacial score (nSPS) is 19.7. The van der Waals surface area contributed by atoms with Crippen molar-refractivity contribution in [2.24, 2.45) is 0 Å². The lowest BCUT2D eigenvalue weighted by molar-refractivity contribution is -0.136. The highest BCUT2D eigenvalue weighted by molar-refractivity contribution is 6.30. The van der Waals surface area contributed by atoms with Crippen molar-refractivity contribution >= 4 is 29.1 Å². The molecular formula is C30H30ClN5O2. The van der Waals surface area contributed by atoms with E-state index in [0.29, 0.717) is 61.8 Å². The Morgan fingerprint density at radius 1 is 0.947 bits per heavy atom. The second kappa shape index (κ2) is 11.7. The molecule has 2 aliphatic heterocycles. The smallest absolute Gasteiger partial charge is 0.251 e. The van der Waals surface area contributed by atoms with Gasteiger partial charge in [0.15, 0.2) is 0 Å². The monoisotopic (exact) mass is 527 g/mol. The predicted octanol–water partition coefficient (Wildman–Crippen LogP) is 3.93. The molecule has 3 aromatic rings. The van der Waals surface area contributed by atoms with E-state index in [1.165, 1.54) is 0 Å². The van der Waals surface area contributed by atoms with Crippen LogP contribution in [-0.2, 0) is 11.3 Å². The standard InChI is InChI=1S/C30H30ClN5O2/c31-25-11-6-10-23(17-25)29(37)33-26-18-28(36(21-26)20-22-7-2-1-3-8-22)30(38)35-15-13-34(14-16-35)27-12-5-4-9-24(27)19-32/h1-12,17,26,28H,13-16,18,20-21H2,(H,33,37). The predicted molar refractivity (Wildman–Crippen MR) is 148 cm³/mol. The van der Waals surface area contributed by atoms with Crippen LogP contribution in [0.4, 0.5) is 5.69 Å². The number of hydrogen-bond acceptors (Lipinski definition) is 5. The lowest BCUT2D eigenvalue weighted by Gasteiger charge is -2.38. The van der Waals surface area contributed by atoms with Gasteiger partial charge in [0.05, 0.1) is 17.3 Å². The highest BCUT2D eigenvalue weighted by Crippen LogP contribution is 2.26. The summed E-state index contributed by atoms with van der Waals surface area (Å²) in [6, 6.07) is 26.4. The van der Waals surface area contributed by atoms with E-state index in [-0.39, 0.29) is 23.9 Å². The van der Waals surface area contributed by atoms with Gasteiger partial charge >= 0.3 is 0 Å². The van der Waals surface area contributed by atoms with Gasteiger partial charge in [0.2, 0.25) is 5.91 Å². The Morgan fingerprint density at radius 3 is 2.42 bits per heavy atom. The molecule has 7 nitrogen and oxygen atoms in total. The third-order valence-electron chi connectivity index (χ3n) is 7.30. The summed E-state index contributed by atoms with van der Waals surface area (Å²) in [5.74, 6) is -0.0938. The van der Waals surface area contributed by atoms with Gasteiger partial charge in [-0.2, -0.15) is 5.26 Å². The van der Waals surface area contributed by atoms with Crippen LogP contribution in [0.1, 0.15) is 27.9 Å².